The normalized spacial score (nSPS) is 11.8. The first-order valence-corrected chi connectivity index (χ1v) is 7.61. The standard InChI is InChI=1S/C13H15IN2OS/c1-7-5-6-18-9(7)11-15-10(13(2,3)4)8(14)12(17)16-11/h5-6H,1-4H3,(H,15,16,17). The molecule has 18 heavy (non-hydrogen) atoms. The SMILES string of the molecule is Cc1ccsc1-c1nc(C(C)(C)C)c(I)c(=O)[nH]1. The highest BCUT2D eigenvalue weighted by atomic mass is 127. The Morgan fingerprint density at radius 1 is 1.39 bits per heavy atom. The molecule has 0 aromatic carbocycles. The van der Waals surface area contributed by atoms with Crippen molar-refractivity contribution in [3.8, 4) is 10.7 Å². The van der Waals surface area contributed by atoms with E-state index in [4.69, 9.17) is 0 Å². The van der Waals surface area contributed by atoms with E-state index >= 15 is 0 Å². The maximum absolute atomic E-state index is 12.0. The van der Waals surface area contributed by atoms with Gasteiger partial charge in [0.05, 0.1) is 10.6 Å². The maximum Gasteiger partial charge on any atom is 0.264 e. The van der Waals surface area contributed by atoms with Gasteiger partial charge in [-0.2, -0.15) is 0 Å². The lowest BCUT2D eigenvalue weighted by atomic mass is 9.92. The number of aryl methyl sites for hydroxylation is 1. The molecule has 2 heterocycles. The number of hydrogen-bond acceptors (Lipinski definition) is 3. The number of aromatic amines is 1. The van der Waals surface area contributed by atoms with Gasteiger partial charge in [-0.05, 0) is 46.5 Å². The zero-order valence-electron chi connectivity index (χ0n) is 10.8. The molecule has 96 valence electrons. The Balaban J connectivity index is 2.70. The van der Waals surface area contributed by atoms with Gasteiger partial charge in [-0.1, -0.05) is 20.8 Å². The number of H-pyrrole nitrogens is 1. The van der Waals surface area contributed by atoms with Gasteiger partial charge < -0.3 is 4.98 Å². The number of rotatable bonds is 1. The molecule has 0 unspecified atom stereocenters. The number of thiophene rings is 1. The van der Waals surface area contributed by atoms with Crippen LogP contribution in [0.2, 0.25) is 0 Å². The third-order valence-corrected chi connectivity index (χ3v) is 4.67. The van der Waals surface area contributed by atoms with E-state index in [0.717, 1.165) is 16.1 Å². The molecule has 0 atom stereocenters. The van der Waals surface area contributed by atoms with Crippen molar-refractivity contribution in [2.75, 3.05) is 0 Å². The van der Waals surface area contributed by atoms with Crippen molar-refractivity contribution in [1.29, 1.82) is 0 Å². The molecular formula is C13H15IN2OS. The second-order valence-corrected chi connectivity index (χ2v) is 7.25. The Hall–Kier alpha value is -0.690. The van der Waals surface area contributed by atoms with Crippen molar-refractivity contribution in [1.82, 2.24) is 9.97 Å². The maximum atomic E-state index is 12.0. The molecule has 0 saturated heterocycles. The molecule has 2 aromatic heterocycles. The number of aromatic nitrogens is 2. The summed E-state index contributed by atoms with van der Waals surface area (Å²) in [6.07, 6.45) is 0. The van der Waals surface area contributed by atoms with Crippen molar-refractivity contribution < 1.29 is 0 Å². The fourth-order valence-corrected chi connectivity index (χ4v) is 3.61. The highest BCUT2D eigenvalue weighted by Gasteiger charge is 2.22. The van der Waals surface area contributed by atoms with Crippen LogP contribution >= 0.6 is 33.9 Å². The predicted molar refractivity (Wildman–Crippen MR) is 84.3 cm³/mol. The van der Waals surface area contributed by atoms with Gasteiger partial charge in [0.25, 0.3) is 5.56 Å². The van der Waals surface area contributed by atoms with Gasteiger partial charge in [-0.3, -0.25) is 4.79 Å². The minimum Gasteiger partial charge on any atom is -0.305 e. The van der Waals surface area contributed by atoms with Crippen LogP contribution in [0, 0.1) is 10.5 Å². The zero-order chi connectivity index (χ0) is 13.5. The first-order chi connectivity index (χ1) is 8.30. The Kier molecular flexibility index (Phi) is 3.64. The van der Waals surface area contributed by atoms with Gasteiger partial charge in [0.2, 0.25) is 0 Å². The van der Waals surface area contributed by atoms with Crippen molar-refractivity contribution >= 4 is 33.9 Å². The van der Waals surface area contributed by atoms with Gasteiger partial charge in [0, 0.05) is 5.41 Å². The van der Waals surface area contributed by atoms with Crippen LogP contribution in [-0.2, 0) is 5.41 Å². The van der Waals surface area contributed by atoms with E-state index in [-0.39, 0.29) is 11.0 Å². The molecule has 0 radical (unpaired) electrons. The van der Waals surface area contributed by atoms with Crippen LogP contribution in [0.25, 0.3) is 10.7 Å². The topological polar surface area (TPSA) is 45.8 Å². The summed E-state index contributed by atoms with van der Waals surface area (Å²) in [5, 5.41) is 2.01. The van der Waals surface area contributed by atoms with Crippen LogP contribution in [0.4, 0.5) is 0 Å². The van der Waals surface area contributed by atoms with Crippen molar-refractivity contribution in [3.63, 3.8) is 0 Å². The van der Waals surface area contributed by atoms with Gasteiger partial charge in [-0.25, -0.2) is 4.98 Å². The Morgan fingerprint density at radius 3 is 2.56 bits per heavy atom. The van der Waals surface area contributed by atoms with E-state index in [1.807, 2.05) is 18.4 Å². The van der Waals surface area contributed by atoms with Crippen molar-refractivity contribution in [2.45, 2.75) is 33.1 Å². The molecule has 5 heteroatoms. The first kappa shape index (κ1) is 13.7. The largest absolute Gasteiger partial charge is 0.305 e. The Morgan fingerprint density at radius 2 is 2.06 bits per heavy atom. The highest BCUT2D eigenvalue weighted by molar-refractivity contribution is 14.1. The molecule has 0 saturated carbocycles. The minimum atomic E-state index is -0.134. The highest BCUT2D eigenvalue weighted by Crippen LogP contribution is 2.29. The monoisotopic (exact) mass is 374 g/mol. The minimum absolute atomic E-state index is 0.0571. The summed E-state index contributed by atoms with van der Waals surface area (Å²) in [5.41, 5.74) is 1.81. The summed E-state index contributed by atoms with van der Waals surface area (Å²) in [5.74, 6) is 0.679. The summed E-state index contributed by atoms with van der Waals surface area (Å²) in [7, 11) is 0. The van der Waals surface area contributed by atoms with E-state index in [1.165, 1.54) is 0 Å². The molecule has 2 aromatic rings. The number of hydrogen-bond donors (Lipinski definition) is 1. The molecule has 0 amide bonds. The molecule has 1 N–H and O–H groups in total. The van der Waals surface area contributed by atoms with Crippen LogP contribution in [0.5, 0.6) is 0 Å². The van der Waals surface area contributed by atoms with E-state index in [1.54, 1.807) is 11.3 Å². The third kappa shape index (κ3) is 2.51. The number of nitrogens with one attached hydrogen (secondary N) is 1. The lowest BCUT2D eigenvalue weighted by Crippen LogP contribution is -2.24. The van der Waals surface area contributed by atoms with Crippen LogP contribution in [-0.4, -0.2) is 9.97 Å². The first-order valence-electron chi connectivity index (χ1n) is 5.65. The van der Waals surface area contributed by atoms with Crippen LogP contribution in [0.15, 0.2) is 16.2 Å². The van der Waals surface area contributed by atoms with Crippen molar-refractivity contribution in [2.24, 2.45) is 0 Å². The quantitative estimate of drug-likeness (QED) is 0.774. The molecule has 0 aliphatic rings. The van der Waals surface area contributed by atoms with E-state index in [9.17, 15) is 4.79 Å². The van der Waals surface area contributed by atoms with Crippen molar-refractivity contribution in [3.05, 3.63) is 36.6 Å². The molecular weight excluding hydrogens is 359 g/mol. The van der Waals surface area contributed by atoms with Gasteiger partial charge in [0.1, 0.15) is 3.57 Å². The second kappa shape index (κ2) is 4.77. The lowest BCUT2D eigenvalue weighted by Gasteiger charge is -2.19. The fourth-order valence-electron chi connectivity index (χ4n) is 1.68. The van der Waals surface area contributed by atoms with Crippen LogP contribution in [0.3, 0.4) is 0 Å². The second-order valence-electron chi connectivity index (χ2n) is 5.26. The van der Waals surface area contributed by atoms with Gasteiger partial charge >= 0.3 is 0 Å². The van der Waals surface area contributed by atoms with E-state index < -0.39 is 0 Å². The van der Waals surface area contributed by atoms with Crippen LogP contribution < -0.4 is 5.56 Å². The Bertz CT molecular complexity index is 637. The molecule has 0 bridgehead atoms. The smallest absolute Gasteiger partial charge is 0.264 e. The molecule has 0 fully saturated rings. The van der Waals surface area contributed by atoms with Gasteiger partial charge in [-0.15, -0.1) is 11.3 Å². The summed E-state index contributed by atoms with van der Waals surface area (Å²) in [6, 6.07) is 2.04. The fraction of sp³-hybridized carbons (Fsp3) is 0.385. The zero-order valence-corrected chi connectivity index (χ0v) is 13.8. The third-order valence-electron chi connectivity index (χ3n) is 2.65. The molecule has 0 spiro atoms. The molecule has 3 nitrogen and oxygen atoms in total. The average Bonchev–Trinajstić information content (AvgIpc) is 2.66. The summed E-state index contributed by atoms with van der Waals surface area (Å²) < 4.78 is 0.679. The molecule has 2 rings (SSSR count). The molecule has 0 aliphatic heterocycles. The van der Waals surface area contributed by atoms with E-state index in [0.29, 0.717) is 9.39 Å². The van der Waals surface area contributed by atoms with Gasteiger partial charge in [0.15, 0.2) is 5.82 Å². The summed E-state index contributed by atoms with van der Waals surface area (Å²) in [4.78, 5) is 20.6. The van der Waals surface area contributed by atoms with Crippen LogP contribution in [0.1, 0.15) is 32.0 Å². The van der Waals surface area contributed by atoms with E-state index in [2.05, 4.69) is 53.3 Å². The Labute approximate surface area is 124 Å². The number of nitrogens with zero attached hydrogens (tertiary/aromatic N) is 1. The summed E-state index contributed by atoms with van der Waals surface area (Å²) >= 11 is 3.67. The summed E-state index contributed by atoms with van der Waals surface area (Å²) in [6.45, 7) is 8.24. The predicted octanol–water partition coefficient (Wildman–Crippen LogP) is 3.71. The average molecular weight is 374 g/mol. The number of halogens is 1. The molecule has 0 aliphatic carbocycles. The lowest BCUT2D eigenvalue weighted by molar-refractivity contribution is 0.562.